The van der Waals surface area contributed by atoms with Gasteiger partial charge in [-0.2, -0.15) is 0 Å². The fourth-order valence-corrected chi connectivity index (χ4v) is 2.19. The topological polar surface area (TPSA) is 20.2 Å². The van der Waals surface area contributed by atoms with Gasteiger partial charge in [0, 0.05) is 6.42 Å². The number of benzene rings is 1. The first-order valence-corrected chi connectivity index (χ1v) is 6.60. The molecule has 0 aliphatic carbocycles. The molecule has 0 saturated carbocycles. The second kappa shape index (κ2) is 7.44. The summed E-state index contributed by atoms with van der Waals surface area (Å²) < 4.78 is 13.5. The van der Waals surface area contributed by atoms with Gasteiger partial charge in [0.25, 0.3) is 0 Å². The zero-order chi connectivity index (χ0) is 12.7. The molecule has 2 heteroatoms. The lowest BCUT2D eigenvalue weighted by molar-refractivity contribution is 0.0979. The molecule has 0 radical (unpaired) electrons. The molecular weight excluding hydrogens is 215 g/mol. The zero-order valence-electron chi connectivity index (χ0n) is 10.8. The van der Waals surface area contributed by atoms with Crippen molar-refractivity contribution in [3.8, 4) is 0 Å². The lowest BCUT2D eigenvalue weighted by Gasteiger charge is -2.21. The summed E-state index contributed by atoms with van der Waals surface area (Å²) in [4.78, 5) is 0. The Bertz CT molecular complexity index is 324. The van der Waals surface area contributed by atoms with Crippen LogP contribution in [0.15, 0.2) is 24.3 Å². The summed E-state index contributed by atoms with van der Waals surface area (Å²) in [7, 11) is 0. The highest BCUT2D eigenvalue weighted by molar-refractivity contribution is 5.18. The second-order valence-electron chi connectivity index (χ2n) is 4.67. The number of aliphatic hydroxyl groups excluding tert-OH is 1. The Morgan fingerprint density at radius 2 is 1.94 bits per heavy atom. The molecule has 1 N–H and O–H groups in total. The van der Waals surface area contributed by atoms with Crippen LogP contribution in [0.25, 0.3) is 0 Å². The number of rotatable bonds is 7. The maximum Gasteiger partial charge on any atom is 0.126 e. The van der Waals surface area contributed by atoms with E-state index in [0.29, 0.717) is 12.0 Å². The quantitative estimate of drug-likeness (QED) is 0.762. The average Bonchev–Trinajstić information content (AvgIpc) is 2.33. The van der Waals surface area contributed by atoms with Crippen molar-refractivity contribution in [1.29, 1.82) is 0 Å². The molecule has 2 unspecified atom stereocenters. The summed E-state index contributed by atoms with van der Waals surface area (Å²) in [5.41, 5.74) is 0.620. The maximum absolute atomic E-state index is 13.5. The SMILES string of the molecule is CCCCC(CC)C(O)Cc1ccccc1F. The van der Waals surface area contributed by atoms with Crippen molar-refractivity contribution < 1.29 is 9.50 Å². The summed E-state index contributed by atoms with van der Waals surface area (Å²) in [6.07, 6.45) is 4.26. The minimum absolute atomic E-state index is 0.211. The number of hydrogen-bond acceptors (Lipinski definition) is 1. The summed E-state index contributed by atoms with van der Waals surface area (Å²) in [6.45, 7) is 4.24. The fraction of sp³-hybridized carbons (Fsp3) is 0.600. The van der Waals surface area contributed by atoms with E-state index < -0.39 is 6.10 Å². The fourth-order valence-electron chi connectivity index (χ4n) is 2.19. The van der Waals surface area contributed by atoms with E-state index in [1.807, 2.05) is 6.07 Å². The van der Waals surface area contributed by atoms with Crippen LogP contribution in [0.2, 0.25) is 0 Å². The lowest BCUT2D eigenvalue weighted by Crippen LogP contribution is -2.23. The van der Waals surface area contributed by atoms with Crippen LogP contribution in [0.3, 0.4) is 0 Å². The molecule has 1 nitrogen and oxygen atoms in total. The predicted octanol–water partition coefficient (Wildman–Crippen LogP) is 3.95. The van der Waals surface area contributed by atoms with Gasteiger partial charge in [-0.25, -0.2) is 4.39 Å². The van der Waals surface area contributed by atoms with Crippen molar-refractivity contribution in [2.75, 3.05) is 0 Å². The van der Waals surface area contributed by atoms with Crippen molar-refractivity contribution in [2.45, 2.75) is 52.1 Å². The maximum atomic E-state index is 13.5. The van der Waals surface area contributed by atoms with Gasteiger partial charge in [0.1, 0.15) is 5.82 Å². The van der Waals surface area contributed by atoms with Gasteiger partial charge in [-0.15, -0.1) is 0 Å². The number of hydrogen-bond donors (Lipinski definition) is 1. The molecule has 17 heavy (non-hydrogen) atoms. The van der Waals surface area contributed by atoms with E-state index in [0.717, 1.165) is 25.7 Å². The van der Waals surface area contributed by atoms with Crippen LogP contribution in [-0.4, -0.2) is 11.2 Å². The molecule has 1 aromatic rings. The van der Waals surface area contributed by atoms with Crippen LogP contribution in [0.5, 0.6) is 0 Å². The van der Waals surface area contributed by atoms with Crippen molar-refractivity contribution in [1.82, 2.24) is 0 Å². The first-order chi connectivity index (χ1) is 8.19. The Balaban J connectivity index is 2.57. The Morgan fingerprint density at radius 3 is 2.53 bits per heavy atom. The van der Waals surface area contributed by atoms with Crippen LogP contribution < -0.4 is 0 Å². The van der Waals surface area contributed by atoms with Gasteiger partial charge >= 0.3 is 0 Å². The zero-order valence-corrected chi connectivity index (χ0v) is 10.8. The third-order valence-corrected chi connectivity index (χ3v) is 3.38. The molecule has 2 atom stereocenters. The highest BCUT2D eigenvalue weighted by Crippen LogP contribution is 2.21. The minimum Gasteiger partial charge on any atom is -0.392 e. The standard InChI is InChI=1S/C15H23FO/c1-3-5-8-12(4-2)15(17)11-13-9-6-7-10-14(13)16/h6-7,9-10,12,15,17H,3-5,8,11H2,1-2H3. The molecule has 0 aliphatic heterocycles. The van der Waals surface area contributed by atoms with E-state index >= 15 is 0 Å². The number of halogens is 1. The van der Waals surface area contributed by atoms with Crippen LogP contribution >= 0.6 is 0 Å². The van der Waals surface area contributed by atoms with Crippen molar-refractivity contribution in [2.24, 2.45) is 5.92 Å². The largest absolute Gasteiger partial charge is 0.392 e. The molecule has 1 rings (SSSR count). The number of unbranched alkanes of at least 4 members (excludes halogenated alkanes) is 1. The first-order valence-electron chi connectivity index (χ1n) is 6.60. The monoisotopic (exact) mass is 238 g/mol. The first kappa shape index (κ1) is 14.2. The molecule has 1 aromatic carbocycles. The van der Waals surface area contributed by atoms with Gasteiger partial charge in [0.15, 0.2) is 0 Å². The van der Waals surface area contributed by atoms with E-state index in [4.69, 9.17) is 0 Å². The Labute approximate surface area is 104 Å². The van der Waals surface area contributed by atoms with E-state index in [9.17, 15) is 9.50 Å². The summed E-state index contributed by atoms with van der Waals surface area (Å²) in [5.74, 6) is 0.0754. The molecule has 0 saturated heterocycles. The third kappa shape index (κ3) is 4.47. The van der Waals surface area contributed by atoms with Gasteiger partial charge in [-0.3, -0.25) is 0 Å². The molecule has 0 aliphatic rings. The third-order valence-electron chi connectivity index (χ3n) is 3.38. The summed E-state index contributed by atoms with van der Waals surface area (Å²) in [6, 6.07) is 6.71. The average molecular weight is 238 g/mol. The highest BCUT2D eigenvalue weighted by atomic mass is 19.1. The lowest BCUT2D eigenvalue weighted by atomic mass is 9.89. The second-order valence-corrected chi connectivity index (χ2v) is 4.67. The molecule has 96 valence electrons. The van der Waals surface area contributed by atoms with E-state index in [1.165, 1.54) is 6.07 Å². The van der Waals surface area contributed by atoms with Crippen LogP contribution in [0.1, 0.15) is 45.1 Å². The van der Waals surface area contributed by atoms with E-state index in [-0.39, 0.29) is 11.7 Å². The molecule has 0 aromatic heterocycles. The van der Waals surface area contributed by atoms with Gasteiger partial charge in [0.2, 0.25) is 0 Å². The normalized spacial score (nSPS) is 14.6. The number of aliphatic hydroxyl groups is 1. The Hall–Kier alpha value is -0.890. The highest BCUT2D eigenvalue weighted by Gasteiger charge is 2.18. The predicted molar refractivity (Wildman–Crippen MR) is 69.4 cm³/mol. The summed E-state index contributed by atoms with van der Waals surface area (Å²) in [5, 5.41) is 10.1. The molecule has 0 bridgehead atoms. The van der Waals surface area contributed by atoms with Gasteiger partial charge in [-0.1, -0.05) is 51.3 Å². The van der Waals surface area contributed by atoms with Crippen molar-refractivity contribution in [3.63, 3.8) is 0 Å². The van der Waals surface area contributed by atoms with Gasteiger partial charge in [-0.05, 0) is 24.0 Å². The van der Waals surface area contributed by atoms with Gasteiger partial charge < -0.3 is 5.11 Å². The Morgan fingerprint density at radius 1 is 1.24 bits per heavy atom. The molecule has 0 amide bonds. The van der Waals surface area contributed by atoms with E-state index in [1.54, 1.807) is 12.1 Å². The van der Waals surface area contributed by atoms with E-state index in [2.05, 4.69) is 13.8 Å². The summed E-state index contributed by atoms with van der Waals surface area (Å²) >= 11 is 0. The smallest absolute Gasteiger partial charge is 0.126 e. The van der Waals surface area contributed by atoms with Crippen molar-refractivity contribution >= 4 is 0 Å². The molecule has 0 spiro atoms. The van der Waals surface area contributed by atoms with Crippen LogP contribution in [0, 0.1) is 11.7 Å². The Kier molecular flexibility index (Phi) is 6.20. The molecule has 0 fully saturated rings. The molecular formula is C15H23FO. The van der Waals surface area contributed by atoms with Crippen LogP contribution in [-0.2, 0) is 6.42 Å². The van der Waals surface area contributed by atoms with Gasteiger partial charge in [0.05, 0.1) is 6.10 Å². The van der Waals surface area contributed by atoms with Crippen LogP contribution in [0.4, 0.5) is 4.39 Å². The van der Waals surface area contributed by atoms with Crippen molar-refractivity contribution in [3.05, 3.63) is 35.6 Å². The molecule has 0 heterocycles. The minimum atomic E-state index is -0.427.